The van der Waals surface area contributed by atoms with E-state index in [0.717, 1.165) is 9.13 Å². The van der Waals surface area contributed by atoms with Crippen molar-refractivity contribution in [1.29, 1.82) is 0 Å². The number of carbonyl (C=O) groups excluding carboxylic acids is 1. The molecule has 0 saturated carbocycles. The van der Waals surface area contributed by atoms with Crippen LogP contribution in [-0.4, -0.2) is 18.3 Å². The molecule has 1 aliphatic heterocycles. The van der Waals surface area contributed by atoms with Crippen LogP contribution in [0.1, 0.15) is 5.56 Å². The van der Waals surface area contributed by atoms with Crippen molar-refractivity contribution in [1.82, 2.24) is 5.32 Å². The van der Waals surface area contributed by atoms with Crippen molar-refractivity contribution >= 4 is 34.7 Å². The van der Waals surface area contributed by atoms with Crippen LogP contribution >= 0.6 is 22.6 Å². The number of benzene rings is 1. The molecule has 4 nitrogen and oxygen atoms in total. The number of halogens is 1. The zero-order chi connectivity index (χ0) is 9.97. The first-order valence-electron chi connectivity index (χ1n) is 4.01. The van der Waals surface area contributed by atoms with Crippen LogP contribution in [0.3, 0.4) is 0 Å². The number of nitrogens with zero attached hydrogens (tertiary/aromatic N) is 1. The first kappa shape index (κ1) is 9.45. The maximum absolute atomic E-state index is 10.4. The Morgan fingerprint density at radius 3 is 3.07 bits per heavy atom. The van der Waals surface area contributed by atoms with Gasteiger partial charge in [0.25, 0.3) is 6.23 Å². The predicted octanol–water partition coefficient (Wildman–Crippen LogP) is 1.10. The smallest absolute Gasteiger partial charge is 0.254 e. The summed E-state index contributed by atoms with van der Waals surface area (Å²) in [5, 5.41) is 6.61. The van der Waals surface area contributed by atoms with E-state index in [0.29, 0.717) is 12.1 Å². The van der Waals surface area contributed by atoms with E-state index in [-0.39, 0.29) is 0 Å². The lowest BCUT2D eigenvalue weighted by atomic mass is 10.2. The molecular weight excluding hydrogens is 295 g/mol. The van der Waals surface area contributed by atoms with Gasteiger partial charge in [0.15, 0.2) is 12.1 Å². The van der Waals surface area contributed by atoms with Crippen LogP contribution < -0.4 is 5.32 Å². The lowest BCUT2D eigenvalue weighted by Gasteiger charge is -2.02. The van der Waals surface area contributed by atoms with E-state index >= 15 is 0 Å². The second kappa shape index (κ2) is 3.95. The predicted molar refractivity (Wildman–Crippen MR) is 59.8 cm³/mol. The molecule has 0 amide bonds. The van der Waals surface area contributed by atoms with Crippen LogP contribution in [-0.2, 0) is 9.63 Å². The van der Waals surface area contributed by atoms with Gasteiger partial charge in [-0.2, -0.15) is 0 Å². The molecule has 72 valence electrons. The molecule has 0 spiro atoms. The molecule has 14 heavy (non-hydrogen) atoms. The Labute approximate surface area is 94.5 Å². The first-order valence-corrected chi connectivity index (χ1v) is 5.09. The molecule has 0 saturated heterocycles. The minimum Gasteiger partial charge on any atom is -0.361 e. The van der Waals surface area contributed by atoms with E-state index in [9.17, 15) is 4.79 Å². The van der Waals surface area contributed by atoms with Gasteiger partial charge in [-0.25, -0.2) is 0 Å². The van der Waals surface area contributed by atoms with Crippen molar-refractivity contribution in [2.45, 2.75) is 6.23 Å². The van der Waals surface area contributed by atoms with Gasteiger partial charge in [-0.1, -0.05) is 17.3 Å². The quantitative estimate of drug-likeness (QED) is 0.657. The van der Waals surface area contributed by atoms with Crippen molar-refractivity contribution in [3.63, 3.8) is 0 Å². The molecule has 1 aliphatic rings. The molecule has 2 rings (SSSR count). The number of amidine groups is 1. The number of hydrogen-bond donors (Lipinski definition) is 1. The maximum atomic E-state index is 10.4. The summed E-state index contributed by atoms with van der Waals surface area (Å²) in [6.07, 6.45) is 0.0209. The van der Waals surface area contributed by atoms with Gasteiger partial charge in [0, 0.05) is 9.13 Å². The summed E-state index contributed by atoms with van der Waals surface area (Å²) in [4.78, 5) is 15.2. The largest absolute Gasteiger partial charge is 0.361 e. The van der Waals surface area contributed by atoms with E-state index in [2.05, 4.69) is 33.1 Å². The van der Waals surface area contributed by atoms with Gasteiger partial charge in [-0.05, 0) is 34.7 Å². The van der Waals surface area contributed by atoms with Crippen LogP contribution in [0.4, 0.5) is 0 Å². The Bertz CT molecular complexity index is 392. The molecule has 0 bridgehead atoms. The number of hydrogen-bond acceptors (Lipinski definition) is 4. The van der Waals surface area contributed by atoms with Crippen molar-refractivity contribution in [2.75, 3.05) is 0 Å². The molecule has 0 aliphatic carbocycles. The second-order valence-electron chi connectivity index (χ2n) is 2.76. The molecule has 5 heteroatoms. The Morgan fingerprint density at radius 1 is 1.57 bits per heavy atom. The van der Waals surface area contributed by atoms with E-state index < -0.39 is 6.23 Å². The van der Waals surface area contributed by atoms with Crippen molar-refractivity contribution < 1.29 is 9.63 Å². The molecule has 1 N–H and O–H groups in total. The van der Waals surface area contributed by atoms with Crippen LogP contribution in [0.25, 0.3) is 0 Å². The zero-order valence-corrected chi connectivity index (χ0v) is 9.26. The van der Waals surface area contributed by atoms with Gasteiger partial charge in [-0.15, -0.1) is 0 Å². The third-order valence-corrected chi connectivity index (χ3v) is 2.43. The molecule has 0 radical (unpaired) electrons. The Kier molecular flexibility index (Phi) is 2.67. The highest BCUT2D eigenvalue weighted by molar-refractivity contribution is 14.1. The summed E-state index contributed by atoms with van der Waals surface area (Å²) < 4.78 is 1.11. The fourth-order valence-corrected chi connectivity index (χ4v) is 1.67. The fraction of sp³-hybridized carbons (Fsp3) is 0.111. The lowest BCUT2D eigenvalue weighted by Crippen LogP contribution is -2.30. The zero-order valence-electron chi connectivity index (χ0n) is 7.11. The van der Waals surface area contributed by atoms with E-state index in [1.54, 1.807) is 0 Å². The van der Waals surface area contributed by atoms with Crippen molar-refractivity contribution in [3.05, 3.63) is 33.4 Å². The number of nitrogens with one attached hydrogen (secondary N) is 1. The molecule has 1 aromatic carbocycles. The number of carbonyl (C=O) groups is 1. The van der Waals surface area contributed by atoms with Crippen LogP contribution in [0.5, 0.6) is 0 Å². The highest BCUT2D eigenvalue weighted by atomic mass is 127. The van der Waals surface area contributed by atoms with Crippen LogP contribution in [0, 0.1) is 3.57 Å². The van der Waals surface area contributed by atoms with Crippen molar-refractivity contribution in [3.8, 4) is 0 Å². The molecule has 0 aromatic heterocycles. The molecule has 1 heterocycles. The molecule has 1 atom stereocenters. The summed E-state index contributed by atoms with van der Waals surface area (Å²) in [6.45, 7) is 0. The minimum atomic E-state index is -0.650. The Morgan fingerprint density at radius 2 is 2.43 bits per heavy atom. The third kappa shape index (κ3) is 1.87. The third-order valence-electron chi connectivity index (χ3n) is 1.76. The highest BCUT2D eigenvalue weighted by Gasteiger charge is 2.19. The highest BCUT2D eigenvalue weighted by Crippen LogP contribution is 2.10. The van der Waals surface area contributed by atoms with Gasteiger partial charge in [0.1, 0.15) is 0 Å². The summed E-state index contributed by atoms with van der Waals surface area (Å²) in [7, 11) is 0. The van der Waals surface area contributed by atoms with Crippen molar-refractivity contribution in [2.24, 2.45) is 5.16 Å². The lowest BCUT2D eigenvalue weighted by molar-refractivity contribution is -0.117. The Balaban J connectivity index is 2.21. The van der Waals surface area contributed by atoms with Gasteiger partial charge in [-0.3, -0.25) is 4.79 Å². The van der Waals surface area contributed by atoms with Gasteiger partial charge in [0.05, 0.1) is 0 Å². The number of oxime groups is 1. The molecule has 1 aromatic rings. The number of aldehydes is 1. The molecule has 1 unspecified atom stereocenters. The summed E-state index contributed by atoms with van der Waals surface area (Å²) in [5.41, 5.74) is 0.918. The maximum Gasteiger partial charge on any atom is 0.254 e. The topological polar surface area (TPSA) is 50.7 Å². The standard InChI is InChI=1S/C9H7IN2O2/c10-7-3-1-2-6(4-7)9-11-8(5-13)14-12-9/h1-5,8H,(H,11,12). The summed E-state index contributed by atoms with van der Waals surface area (Å²) >= 11 is 2.21. The number of rotatable bonds is 2. The summed E-state index contributed by atoms with van der Waals surface area (Å²) in [5.74, 6) is 0.598. The summed E-state index contributed by atoms with van der Waals surface area (Å²) in [6, 6.07) is 7.78. The molecule has 0 fully saturated rings. The second-order valence-corrected chi connectivity index (χ2v) is 4.00. The fourth-order valence-electron chi connectivity index (χ4n) is 1.13. The normalized spacial score (nSPS) is 19.5. The van der Waals surface area contributed by atoms with Crippen LogP contribution in [0.2, 0.25) is 0 Å². The van der Waals surface area contributed by atoms with E-state index in [1.165, 1.54) is 0 Å². The van der Waals surface area contributed by atoms with Gasteiger partial charge in [0.2, 0.25) is 0 Å². The van der Waals surface area contributed by atoms with Gasteiger partial charge >= 0.3 is 0 Å². The minimum absolute atomic E-state index is 0.598. The van der Waals surface area contributed by atoms with Gasteiger partial charge < -0.3 is 10.2 Å². The monoisotopic (exact) mass is 302 g/mol. The van der Waals surface area contributed by atoms with Crippen LogP contribution in [0.15, 0.2) is 29.4 Å². The Hall–Kier alpha value is -1.11. The first-order chi connectivity index (χ1) is 6.79. The molecular formula is C9H7IN2O2. The van der Waals surface area contributed by atoms with E-state index in [4.69, 9.17) is 4.84 Å². The SMILES string of the molecule is O=CC1NC(c2cccc(I)c2)=NO1. The average molecular weight is 302 g/mol. The average Bonchev–Trinajstić information content (AvgIpc) is 2.66. The van der Waals surface area contributed by atoms with E-state index in [1.807, 2.05) is 24.3 Å².